The maximum atomic E-state index is 11.2. The van der Waals surface area contributed by atoms with Crippen molar-refractivity contribution in [2.24, 2.45) is 0 Å². The molecule has 0 atom stereocenters. The Morgan fingerprint density at radius 3 is 2.54 bits per heavy atom. The highest BCUT2D eigenvalue weighted by molar-refractivity contribution is 5.81. The van der Waals surface area contributed by atoms with Crippen molar-refractivity contribution in [3.8, 4) is 0 Å². The summed E-state index contributed by atoms with van der Waals surface area (Å²) in [6.45, 7) is 4.17. The van der Waals surface area contributed by atoms with Gasteiger partial charge in [0, 0.05) is 6.42 Å². The molecule has 4 nitrogen and oxygen atoms in total. The lowest BCUT2D eigenvalue weighted by Crippen LogP contribution is -2.44. The average molecular weight is 186 g/mol. The van der Waals surface area contributed by atoms with Crippen molar-refractivity contribution < 1.29 is 9.59 Å². The van der Waals surface area contributed by atoms with Gasteiger partial charge in [-0.25, -0.2) is 0 Å². The van der Waals surface area contributed by atoms with Gasteiger partial charge in [0.1, 0.15) is 6.29 Å². The summed E-state index contributed by atoms with van der Waals surface area (Å²) in [6, 6.07) is 0. The Bertz CT molecular complexity index is 178. The molecule has 0 aliphatic rings. The van der Waals surface area contributed by atoms with E-state index in [1.807, 2.05) is 7.05 Å². The Labute approximate surface area is 79.1 Å². The van der Waals surface area contributed by atoms with E-state index in [1.54, 1.807) is 13.8 Å². The molecule has 0 saturated heterocycles. The van der Waals surface area contributed by atoms with Gasteiger partial charge in [0.25, 0.3) is 0 Å². The van der Waals surface area contributed by atoms with Gasteiger partial charge in [-0.2, -0.15) is 0 Å². The van der Waals surface area contributed by atoms with Crippen LogP contribution in [-0.4, -0.2) is 31.3 Å². The lowest BCUT2D eigenvalue weighted by Gasteiger charge is -2.18. The Morgan fingerprint density at radius 2 is 2.08 bits per heavy atom. The predicted octanol–water partition coefficient (Wildman–Crippen LogP) is 0.0797. The number of carbonyl (C=O) groups excluding carboxylic acids is 2. The van der Waals surface area contributed by atoms with Gasteiger partial charge >= 0.3 is 0 Å². The van der Waals surface area contributed by atoms with Gasteiger partial charge < -0.3 is 15.4 Å². The van der Waals surface area contributed by atoms with E-state index in [9.17, 15) is 9.59 Å². The molecule has 0 unspecified atom stereocenters. The molecule has 76 valence electrons. The van der Waals surface area contributed by atoms with Crippen molar-refractivity contribution in [1.29, 1.82) is 0 Å². The Hall–Kier alpha value is -0.900. The highest BCUT2D eigenvalue weighted by atomic mass is 16.2. The van der Waals surface area contributed by atoms with Crippen LogP contribution >= 0.6 is 0 Å². The van der Waals surface area contributed by atoms with Crippen LogP contribution in [0.15, 0.2) is 0 Å². The standard InChI is InChI=1S/C9H18N2O2/c1-9(2,7-12)11-8(13)5-4-6-10-3/h7,10H,4-6H2,1-3H3,(H,11,13). The molecule has 0 aromatic carbocycles. The number of hydrogen-bond donors (Lipinski definition) is 2. The molecule has 13 heavy (non-hydrogen) atoms. The summed E-state index contributed by atoms with van der Waals surface area (Å²) in [4.78, 5) is 21.7. The van der Waals surface area contributed by atoms with Gasteiger partial charge in [0.2, 0.25) is 5.91 Å². The topological polar surface area (TPSA) is 58.2 Å². The number of hydrogen-bond acceptors (Lipinski definition) is 3. The SMILES string of the molecule is CNCCCC(=O)NC(C)(C)C=O. The second-order valence-corrected chi connectivity index (χ2v) is 3.59. The van der Waals surface area contributed by atoms with Crippen molar-refractivity contribution in [2.75, 3.05) is 13.6 Å². The zero-order chi connectivity index (χ0) is 10.3. The summed E-state index contributed by atoms with van der Waals surface area (Å²) in [7, 11) is 1.84. The molecular weight excluding hydrogens is 168 g/mol. The minimum Gasteiger partial charge on any atom is -0.344 e. The molecule has 0 rings (SSSR count). The fourth-order valence-corrected chi connectivity index (χ4v) is 0.877. The molecule has 0 saturated carbocycles. The summed E-state index contributed by atoms with van der Waals surface area (Å²) in [5, 5.41) is 5.58. The van der Waals surface area contributed by atoms with Crippen molar-refractivity contribution in [2.45, 2.75) is 32.2 Å². The number of carbonyl (C=O) groups is 2. The second kappa shape index (κ2) is 5.70. The Kier molecular flexibility index (Phi) is 5.30. The van der Waals surface area contributed by atoms with Crippen LogP contribution in [0.1, 0.15) is 26.7 Å². The summed E-state index contributed by atoms with van der Waals surface area (Å²) >= 11 is 0. The van der Waals surface area contributed by atoms with E-state index in [0.717, 1.165) is 19.3 Å². The van der Waals surface area contributed by atoms with Crippen molar-refractivity contribution in [1.82, 2.24) is 10.6 Å². The molecule has 1 amide bonds. The van der Waals surface area contributed by atoms with Crippen LogP contribution < -0.4 is 10.6 Å². The third-order valence-electron chi connectivity index (χ3n) is 1.59. The molecular formula is C9H18N2O2. The molecule has 0 bridgehead atoms. The van der Waals surface area contributed by atoms with E-state index in [1.165, 1.54) is 0 Å². The third-order valence-corrected chi connectivity index (χ3v) is 1.59. The first-order valence-electron chi connectivity index (χ1n) is 4.44. The minimum absolute atomic E-state index is 0.0765. The van der Waals surface area contributed by atoms with Crippen molar-refractivity contribution in [3.05, 3.63) is 0 Å². The normalized spacial score (nSPS) is 11.0. The molecule has 0 heterocycles. The van der Waals surface area contributed by atoms with Gasteiger partial charge in [0.05, 0.1) is 5.54 Å². The van der Waals surface area contributed by atoms with E-state index in [-0.39, 0.29) is 5.91 Å². The number of nitrogens with one attached hydrogen (secondary N) is 2. The first-order valence-corrected chi connectivity index (χ1v) is 4.44. The van der Waals surface area contributed by atoms with Crippen LogP contribution in [-0.2, 0) is 9.59 Å². The maximum Gasteiger partial charge on any atom is 0.220 e. The van der Waals surface area contributed by atoms with Crippen molar-refractivity contribution in [3.63, 3.8) is 0 Å². The van der Waals surface area contributed by atoms with Crippen LogP contribution in [0.5, 0.6) is 0 Å². The fourth-order valence-electron chi connectivity index (χ4n) is 0.877. The minimum atomic E-state index is -0.739. The van der Waals surface area contributed by atoms with Gasteiger partial charge in [-0.1, -0.05) is 0 Å². The summed E-state index contributed by atoms with van der Waals surface area (Å²) in [5.41, 5.74) is -0.739. The number of rotatable bonds is 6. The van der Waals surface area contributed by atoms with Crippen molar-refractivity contribution >= 4 is 12.2 Å². The fraction of sp³-hybridized carbons (Fsp3) is 0.778. The Balaban J connectivity index is 3.68. The molecule has 0 radical (unpaired) electrons. The van der Waals surface area contributed by atoms with Crippen LogP contribution in [0.4, 0.5) is 0 Å². The zero-order valence-electron chi connectivity index (χ0n) is 8.52. The molecule has 2 N–H and O–H groups in total. The highest BCUT2D eigenvalue weighted by Crippen LogP contribution is 1.98. The first kappa shape index (κ1) is 12.1. The summed E-state index contributed by atoms with van der Waals surface area (Å²) in [6.07, 6.45) is 1.98. The maximum absolute atomic E-state index is 11.2. The molecule has 4 heteroatoms. The monoisotopic (exact) mass is 186 g/mol. The van der Waals surface area contributed by atoms with E-state index in [0.29, 0.717) is 6.42 Å². The lowest BCUT2D eigenvalue weighted by molar-refractivity contribution is -0.125. The van der Waals surface area contributed by atoms with E-state index in [2.05, 4.69) is 10.6 Å². The molecule has 0 aromatic heterocycles. The van der Waals surface area contributed by atoms with Crippen LogP contribution in [0.3, 0.4) is 0 Å². The van der Waals surface area contributed by atoms with Gasteiger partial charge in [-0.05, 0) is 33.9 Å². The van der Waals surface area contributed by atoms with E-state index < -0.39 is 5.54 Å². The molecule has 0 spiro atoms. The zero-order valence-corrected chi connectivity index (χ0v) is 8.52. The quantitative estimate of drug-likeness (QED) is 0.456. The predicted molar refractivity (Wildman–Crippen MR) is 51.4 cm³/mol. The lowest BCUT2D eigenvalue weighted by atomic mass is 10.1. The Morgan fingerprint density at radius 1 is 1.46 bits per heavy atom. The smallest absolute Gasteiger partial charge is 0.220 e. The van der Waals surface area contributed by atoms with Crippen LogP contribution in [0.2, 0.25) is 0 Å². The number of aldehydes is 1. The summed E-state index contributed by atoms with van der Waals surface area (Å²) < 4.78 is 0. The molecule has 0 fully saturated rings. The largest absolute Gasteiger partial charge is 0.344 e. The number of amides is 1. The van der Waals surface area contributed by atoms with Gasteiger partial charge in [-0.15, -0.1) is 0 Å². The van der Waals surface area contributed by atoms with Gasteiger partial charge in [-0.3, -0.25) is 4.79 Å². The van der Waals surface area contributed by atoms with E-state index >= 15 is 0 Å². The second-order valence-electron chi connectivity index (χ2n) is 3.59. The third kappa shape index (κ3) is 6.28. The van der Waals surface area contributed by atoms with E-state index in [4.69, 9.17) is 0 Å². The summed E-state index contributed by atoms with van der Waals surface area (Å²) in [5.74, 6) is -0.0765. The highest BCUT2D eigenvalue weighted by Gasteiger charge is 2.18. The van der Waals surface area contributed by atoms with Crippen LogP contribution in [0.25, 0.3) is 0 Å². The van der Waals surface area contributed by atoms with Crippen LogP contribution in [0, 0.1) is 0 Å². The molecule has 0 aliphatic heterocycles. The molecule has 0 aromatic rings. The first-order chi connectivity index (χ1) is 6.02. The van der Waals surface area contributed by atoms with Gasteiger partial charge in [0.15, 0.2) is 0 Å². The average Bonchev–Trinajstić information content (AvgIpc) is 2.04. The molecule has 0 aliphatic carbocycles.